The topological polar surface area (TPSA) is 64.8 Å². The second-order valence-electron chi connectivity index (χ2n) is 5.87. The molecule has 0 aromatic carbocycles. The van der Waals surface area contributed by atoms with E-state index in [0.29, 0.717) is 25.3 Å². The molecule has 2 rings (SSSR count). The number of esters is 1. The first-order chi connectivity index (χ1) is 9.04. The van der Waals surface area contributed by atoms with Gasteiger partial charge >= 0.3 is 5.97 Å². The number of hydrogen-bond donors (Lipinski definition) is 1. The fraction of sp³-hybridized carbons (Fsp3) is 0.929. The highest BCUT2D eigenvalue weighted by atomic mass is 16.5. The van der Waals surface area contributed by atoms with Gasteiger partial charge in [0.1, 0.15) is 5.54 Å². The lowest BCUT2D eigenvalue weighted by molar-refractivity contribution is -0.152. The Morgan fingerprint density at radius 3 is 2.95 bits per heavy atom. The van der Waals surface area contributed by atoms with Crippen LogP contribution in [0.5, 0.6) is 0 Å². The van der Waals surface area contributed by atoms with Crippen LogP contribution in [-0.2, 0) is 14.3 Å². The number of rotatable bonds is 4. The van der Waals surface area contributed by atoms with Crippen molar-refractivity contribution in [3.05, 3.63) is 0 Å². The molecular weight excluding hydrogens is 244 g/mol. The Balaban J connectivity index is 1.98. The number of nitrogens with two attached hydrogens (primary N) is 1. The first-order valence-corrected chi connectivity index (χ1v) is 7.36. The van der Waals surface area contributed by atoms with Gasteiger partial charge in [-0.25, -0.2) is 0 Å². The Morgan fingerprint density at radius 2 is 2.21 bits per heavy atom. The van der Waals surface area contributed by atoms with Crippen LogP contribution in [0, 0.1) is 0 Å². The van der Waals surface area contributed by atoms with E-state index in [1.807, 2.05) is 0 Å². The third kappa shape index (κ3) is 3.46. The summed E-state index contributed by atoms with van der Waals surface area (Å²) >= 11 is 0. The van der Waals surface area contributed by atoms with Gasteiger partial charge in [0, 0.05) is 19.1 Å². The smallest absolute Gasteiger partial charge is 0.327 e. The van der Waals surface area contributed by atoms with Gasteiger partial charge in [-0.15, -0.1) is 0 Å². The van der Waals surface area contributed by atoms with E-state index in [9.17, 15) is 4.79 Å². The molecule has 5 heteroatoms. The Bertz CT molecular complexity index is 318. The van der Waals surface area contributed by atoms with E-state index in [1.54, 1.807) is 13.8 Å². The van der Waals surface area contributed by atoms with E-state index in [2.05, 4.69) is 4.90 Å². The Hall–Kier alpha value is -0.650. The van der Waals surface area contributed by atoms with Crippen molar-refractivity contribution in [1.82, 2.24) is 4.90 Å². The van der Waals surface area contributed by atoms with Crippen molar-refractivity contribution in [1.29, 1.82) is 0 Å². The van der Waals surface area contributed by atoms with E-state index in [0.717, 1.165) is 26.0 Å². The number of ether oxygens (including phenoxy) is 2. The fourth-order valence-electron chi connectivity index (χ4n) is 3.16. The van der Waals surface area contributed by atoms with Crippen LogP contribution in [0.15, 0.2) is 0 Å². The molecule has 1 aliphatic heterocycles. The van der Waals surface area contributed by atoms with Crippen LogP contribution in [0.2, 0.25) is 0 Å². The van der Waals surface area contributed by atoms with Gasteiger partial charge in [-0.1, -0.05) is 12.8 Å². The molecule has 1 heterocycles. The lowest BCUT2D eigenvalue weighted by Gasteiger charge is -2.45. The number of nitrogens with zero attached hydrogens (tertiary/aromatic N) is 1. The largest absolute Gasteiger partial charge is 0.465 e. The molecule has 110 valence electrons. The van der Waals surface area contributed by atoms with E-state index in [4.69, 9.17) is 15.2 Å². The van der Waals surface area contributed by atoms with Crippen molar-refractivity contribution in [2.45, 2.75) is 57.2 Å². The molecule has 1 aliphatic carbocycles. The predicted octanol–water partition coefficient (Wildman–Crippen LogP) is 0.910. The van der Waals surface area contributed by atoms with Gasteiger partial charge in [0.2, 0.25) is 0 Å². The first kappa shape index (κ1) is 14.8. The van der Waals surface area contributed by atoms with E-state index < -0.39 is 5.54 Å². The minimum atomic E-state index is -0.935. The SMILES string of the molecule is CCOC(=O)C(C)(N)CN1CCOC2CCCCC21. The van der Waals surface area contributed by atoms with Crippen molar-refractivity contribution >= 4 is 5.97 Å². The average molecular weight is 270 g/mol. The summed E-state index contributed by atoms with van der Waals surface area (Å²) in [7, 11) is 0. The van der Waals surface area contributed by atoms with Gasteiger partial charge in [-0.05, 0) is 26.7 Å². The Labute approximate surface area is 115 Å². The molecule has 0 aromatic heterocycles. The van der Waals surface area contributed by atoms with Gasteiger partial charge in [-0.2, -0.15) is 0 Å². The van der Waals surface area contributed by atoms with Crippen LogP contribution >= 0.6 is 0 Å². The molecule has 2 N–H and O–H groups in total. The molecule has 19 heavy (non-hydrogen) atoms. The van der Waals surface area contributed by atoms with Crippen LogP contribution in [-0.4, -0.2) is 54.9 Å². The predicted molar refractivity (Wildman–Crippen MR) is 72.8 cm³/mol. The second-order valence-corrected chi connectivity index (χ2v) is 5.87. The zero-order chi connectivity index (χ0) is 13.9. The summed E-state index contributed by atoms with van der Waals surface area (Å²) in [6.45, 7) is 6.09. The van der Waals surface area contributed by atoms with Crippen LogP contribution in [0.4, 0.5) is 0 Å². The molecule has 0 bridgehead atoms. The quantitative estimate of drug-likeness (QED) is 0.769. The van der Waals surface area contributed by atoms with Crippen molar-refractivity contribution in [3.8, 4) is 0 Å². The monoisotopic (exact) mass is 270 g/mol. The summed E-state index contributed by atoms with van der Waals surface area (Å²) in [6.07, 6.45) is 5.07. The molecule has 0 aromatic rings. The lowest BCUT2D eigenvalue weighted by Crippen LogP contribution is -2.61. The molecule has 1 saturated carbocycles. The van der Waals surface area contributed by atoms with Gasteiger partial charge in [0.25, 0.3) is 0 Å². The number of fused-ring (bicyclic) bond motifs is 1. The van der Waals surface area contributed by atoms with Gasteiger partial charge in [0.05, 0.1) is 19.3 Å². The van der Waals surface area contributed by atoms with E-state index in [-0.39, 0.29) is 5.97 Å². The molecule has 0 amide bonds. The molecule has 3 unspecified atom stereocenters. The maximum atomic E-state index is 11.9. The number of carbonyl (C=O) groups excluding carboxylic acids is 1. The van der Waals surface area contributed by atoms with E-state index in [1.165, 1.54) is 12.8 Å². The summed E-state index contributed by atoms with van der Waals surface area (Å²) in [5, 5.41) is 0. The highest BCUT2D eigenvalue weighted by molar-refractivity contribution is 5.80. The number of hydrogen-bond acceptors (Lipinski definition) is 5. The second kappa shape index (κ2) is 6.20. The minimum absolute atomic E-state index is 0.311. The lowest BCUT2D eigenvalue weighted by atomic mass is 9.89. The normalized spacial score (nSPS) is 31.3. The summed E-state index contributed by atoms with van der Waals surface area (Å²) in [4.78, 5) is 14.2. The van der Waals surface area contributed by atoms with Crippen LogP contribution in [0.1, 0.15) is 39.5 Å². The molecule has 0 spiro atoms. The molecule has 1 saturated heterocycles. The summed E-state index contributed by atoms with van der Waals surface area (Å²) in [6, 6.07) is 0.416. The standard InChI is InChI=1S/C14H26N2O3/c1-3-18-13(17)14(2,15)10-16-8-9-19-12-7-5-4-6-11(12)16/h11-12H,3-10,15H2,1-2H3. The fourth-order valence-corrected chi connectivity index (χ4v) is 3.16. The van der Waals surface area contributed by atoms with Crippen molar-refractivity contribution in [2.24, 2.45) is 5.73 Å². The highest BCUT2D eigenvalue weighted by Crippen LogP contribution is 2.29. The third-order valence-electron chi connectivity index (χ3n) is 4.12. The van der Waals surface area contributed by atoms with Crippen molar-refractivity contribution < 1.29 is 14.3 Å². The molecular formula is C14H26N2O3. The zero-order valence-electron chi connectivity index (χ0n) is 12.1. The zero-order valence-corrected chi connectivity index (χ0v) is 12.1. The maximum absolute atomic E-state index is 11.9. The average Bonchev–Trinajstić information content (AvgIpc) is 2.39. The van der Waals surface area contributed by atoms with Crippen molar-refractivity contribution in [2.75, 3.05) is 26.3 Å². The molecule has 2 aliphatic rings. The molecule has 3 atom stereocenters. The summed E-state index contributed by atoms with van der Waals surface area (Å²) in [5.74, 6) is -0.311. The van der Waals surface area contributed by atoms with E-state index >= 15 is 0 Å². The van der Waals surface area contributed by atoms with Crippen LogP contribution in [0.3, 0.4) is 0 Å². The maximum Gasteiger partial charge on any atom is 0.327 e. The molecule has 5 nitrogen and oxygen atoms in total. The molecule has 2 fully saturated rings. The Morgan fingerprint density at radius 1 is 1.47 bits per heavy atom. The van der Waals surface area contributed by atoms with Crippen LogP contribution in [0.25, 0.3) is 0 Å². The molecule has 0 radical (unpaired) electrons. The van der Waals surface area contributed by atoms with Gasteiger partial charge < -0.3 is 15.2 Å². The highest BCUT2D eigenvalue weighted by Gasteiger charge is 2.39. The third-order valence-corrected chi connectivity index (χ3v) is 4.12. The first-order valence-electron chi connectivity index (χ1n) is 7.36. The van der Waals surface area contributed by atoms with Gasteiger partial charge in [-0.3, -0.25) is 9.69 Å². The van der Waals surface area contributed by atoms with Gasteiger partial charge in [0.15, 0.2) is 0 Å². The summed E-state index contributed by atoms with van der Waals surface area (Å²) < 4.78 is 10.9. The van der Waals surface area contributed by atoms with Crippen LogP contribution < -0.4 is 5.73 Å². The van der Waals surface area contributed by atoms with Crippen molar-refractivity contribution in [3.63, 3.8) is 0 Å². The number of carbonyl (C=O) groups is 1. The minimum Gasteiger partial charge on any atom is -0.465 e. The summed E-state index contributed by atoms with van der Waals surface area (Å²) in [5.41, 5.74) is 5.21. The number of morpholine rings is 1. The Kier molecular flexibility index (Phi) is 4.81.